The maximum Gasteiger partial charge on any atom is 0.296 e. The molecule has 0 unspecified atom stereocenters. The predicted octanol–water partition coefficient (Wildman–Crippen LogP) is 5.08. The molecule has 34 heavy (non-hydrogen) atoms. The lowest BCUT2D eigenvalue weighted by molar-refractivity contribution is -0.117. The van der Waals surface area contributed by atoms with Crippen LogP contribution in [0.25, 0.3) is 10.2 Å². The number of carbonyl (C=O) groups excluding carboxylic acids is 2. The van der Waals surface area contributed by atoms with Gasteiger partial charge < -0.3 is 19.0 Å². The Balaban J connectivity index is 1.64. The van der Waals surface area contributed by atoms with Crippen molar-refractivity contribution in [2.45, 2.75) is 13.0 Å². The van der Waals surface area contributed by atoms with Gasteiger partial charge >= 0.3 is 0 Å². The summed E-state index contributed by atoms with van der Waals surface area (Å²) in [5.74, 6) is -0.565. The molecule has 4 aromatic rings. The van der Waals surface area contributed by atoms with Crippen LogP contribution in [0.4, 0.5) is 5.13 Å². The summed E-state index contributed by atoms with van der Waals surface area (Å²) < 4.78 is 16.9. The van der Waals surface area contributed by atoms with Gasteiger partial charge in [-0.25, -0.2) is 4.98 Å². The summed E-state index contributed by atoms with van der Waals surface area (Å²) in [5, 5.41) is 11.2. The molecule has 2 aromatic carbocycles. The molecule has 9 heteroatoms. The summed E-state index contributed by atoms with van der Waals surface area (Å²) in [6.45, 7) is 2.42. The molecule has 0 radical (unpaired) electrons. The first kappa shape index (κ1) is 21.7. The molecule has 0 bridgehead atoms. The van der Waals surface area contributed by atoms with E-state index in [2.05, 4.69) is 4.98 Å². The van der Waals surface area contributed by atoms with E-state index in [9.17, 15) is 14.7 Å². The minimum absolute atomic E-state index is 0.0281. The van der Waals surface area contributed by atoms with Crippen molar-refractivity contribution < 1.29 is 28.6 Å². The van der Waals surface area contributed by atoms with Gasteiger partial charge in [0.05, 0.1) is 41.8 Å². The molecule has 1 aliphatic heterocycles. The summed E-state index contributed by atoms with van der Waals surface area (Å²) >= 11 is 1.27. The van der Waals surface area contributed by atoms with Crippen LogP contribution in [0.3, 0.4) is 0 Å². The number of fused-ring (bicyclic) bond motifs is 1. The van der Waals surface area contributed by atoms with Crippen LogP contribution in [0.2, 0.25) is 0 Å². The molecular formula is C25H20N2O6S. The Morgan fingerprint density at radius 1 is 1.18 bits per heavy atom. The lowest BCUT2D eigenvalue weighted by Crippen LogP contribution is -2.30. The van der Waals surface area contributed by atoms with Crippen LogP contribution in [0.15, 0.2) is 76.6 Å². The van der Waals surface area contributed by atoms with E-state index < -0.39 is 23.5 Å². The summed E-state index contributed by atoms with van der Waals surface area (Å²) in [6.07, 6.45) is 1.37. The quantitative estimate of drug-likeness (QED) is 0.371. The number of ether oxygens (including phenoxy) is 2. The molecule has 1 amide bonds. The zero-order chi connectivity index (χ0) is 23.8. The van der Waals surface area contributed by atoms with Gasteiger partial charge in [0.2, 0.25) is 5.78 Å². The van der Waals surface area contributed by atoms with Crippen molar-refractivity contribution in [2.75, 3.05) is 18.6 Å². The molecule has 1 atom stereocenters. The first-order valence-corrected chi connectivity index (χ1v) is 11.4. The van der Waals surface area contributed by atoms with Crippen LogP contribution in [0.5, 0.6) is 11.5 Å². The van der Waals surface area contributed by atoms with Crippen molar-refractivity contribution in [3.63, 3.8) is 0 Å². The van der Waals surface area contributed by atoms with E-state index in [0.717, 1.165) is 4.70 Å². The fraction of sp³-hybridized carbons (Fsp3) is 0.160. The number of furan rings is 1. The number of anilines is 1. The first-order chi connectivity index (χ1) is 16.5. The van der Waals surface area contributed by atoms with Gasteiger partial charge in [0.1, 0.15) is 11.5 Å². The molecule has 1 N–H and O–H groups in total. The normalized spacial score (nSPS) is 15.9. The van der Waals surface area contributed by atoms with Crippen LogP contribution in [0.1, 0.15) is 29.1 Å². The molecule has 2 aromatic heterocycles. The molecule has 0 saturated carbocycles. The van der Waals surface area contributed by atoms with Gasteiger partial charge in [-0.1, -0.05) is 23.5 Å². The predicted molar refractivity (Wildman–Crippen MR) is 127 cm³/mol. The monoisotopic (exact) mass is 476 g/mol. The number of aliphatic hydroxyl groups excluding tert-OH is 1. The van der Waals surface area contributed by atoms with Crippen molar-refractivity contribution in [2.24, 2.45) is 0 Å². The van der Waals surface area contributed by atoms with Crippen LogP contribution < -0.4 is 14.4 Å². The maximum atomic E-state index is 13.3. The number of nitrogens with zero attached hydrogens (tertiary/aromatic N) is 2. The highest BCUT2D eigenvalue weighted by Gasteiger charge is 2.46. The van der Waals surface area contributed by atoms with Crippen molar-refractivity contribution in [3.8, 4) is 11.5 Å². The topological polar surface area (TPSA) is 102 Å². The van der Waals surface area contributed by atoms with E-state index in [-0.39, 0.29) is 11.3 Å². The third-order valence-corrected chi connectivity index (χ3v) is 6.51. The highest BCUT2D eigenvalue weighted by molar-refractivity contribution is 7.22. The molecule has 0 aliphatic carbocycles. The van der Waals surface area contributed by atoms with E-state index in [1.807, 2.05) is 25.1 Å². The lowest BCUT2D eigenvalue weighted by atomic mass is 9.95. The van der Waals surface area contributed by atoms with Crippen LogP contribution >= 0.6 is 11.3 Å². The second kappa shape index (κ2) is 8.68. The van der Waals surface area contributed by atoms with Gasteiger partial charge in [-0.15, -0.1) is 0 Å². The number of carbonyl (C=O) groups is 2. The average Bonchev–Trinajstić information content (AvgIpc) is 3.58. The molecule has 172 valence electrons. The van der Waals surface area contributed by atoms with Gasteiger partial charge in [-0.05, 0) is 55.0 Å². The molecule has 3 heterocycles. The highest BCUT2D eigenvalue weighted by atomic mass is 32.1. The van der Waals surface area contributed by atoms with E-state index >= 15 is 0 Å². The Bertz CT molecular complexity index is 1410. The van der Waals surface area contributed by atoms with Crippen molar-refractivity contribution in [3.05, 3.63) is 83.5 Å². The van der Waals surface area contributed by atoms with Gasteiger partial charge in [0.15, 0.2) is 16.7 Å². The van der Waals surface area contributed by atoms with E-state index in [1.165, 1.54) is 28.6 Å². The molecule has 0 saturated heterocycles. The number of amides is 1. The minimum atomic E-state index is -0.900. The molecule has 8 nitrogen and oxygen atoms in total. The number of aliphatic hydroxyl groups is 1. The number of benzene rings is 2. The Kier molecular flexibility index (Phi) is 5.54. The molecule has 5 rings (SSSR count). The SMILES string of the molecule is CCOc1ccc2nc(N3C(=O)C(O)=C(C(=O)c4ccco4)[C@@H]3c3ccc(OC)cc3)sc2c1. The van der Waals surface area contributed by atoms with Crippen molar-refractivity contribution >= 4 is 38.4 Å². The molecule has 1 aliphatic rings. The van der Waals surface area contributed by atoms with Gasteiger partial charge in [0.25, 0.3) is 5.91 Å². The number of hydrogen-bond acceptors (Lipinski definition) is 8. The Labute approximate surface area is 198 Å². The summed E-state index contributed by atoms with van der Waals surface area (Å²) in [6, 6.07) is 14.6. The van der Waals surface area contributed by atoms with Crippen molar-refractivity contribution in [1.29, 1.82) is 0 Å². The Morgan fingerprint density at radius 2 is 1.94 bits per heavy atom. The fourth-order valence-corrected chi connectivity index (χ4v) is 4.95. The van der Waals surface area contributed by atoms with Gasteiger partial charge in [-0.2, -0.15) is 0 Å². The molecular weight excluding hydrogens is 456 g/mol. The second-order valence-electron chi connectivity index (χ2n) is 7.48. The van der Waals surface area contributed by atoms with E-state index in [1.54, 1.807) is 37.4 Å². The summed E-state index contributed by atoms with van der Waals surface area (Å²) in [7, 11) is 1.55. The number of ketones is 1. The van der Waals surface area contributed by atoms with Gasteiger partial charge in [-0.3, -0.25) is 14.5 Å². The second-order valence-corrected chi connectivity index (χ2v) is 8.49. The number of methoxy groups -OCH3 is 1. The number of rotatable bonds is 7. The maximum absolute atomic E-state index is 13.3. The first-order valence-electron chi connectivity index (χ1n) is 10.5. The lowest BCUT2D eigenvalue weighted by Gasteiger charge is -2.24. The van der Waals surface area contributed by atoms with E-state index in [4.69, 9.17) is 13.9 Å². The van der Waals surface area contributed by atoms with Gasteiger partial charge in [0, 0.05) is 0 Å². The Morgan fingerprint density at radius 3 is 2.62 bits per heavy atom. The zero-order valence-electron chi connectivity index (χ0n) is 18.3. The highest BCUT2D eigenvalue weighted by Crippen LogP contribution is 2.44. The number of hydrogen-bond donors (Lipinski definition) is 1. The van der Waals surface area contributed by atoms with Crippen LogP contribution in [0, 0.1) is 0 Å². The van der Waals surface area contributed by atoms with E-state index in [0.29, 0.717) is 34.3 Å². The average molecular weight is 477 g/mol. The Hall–Kier alpha value is -4.11. The number of aromatic nitrogens is 1. The van der Waals surface area contributed by atoms with Crippen molar-refractivity contribution in [1.82, 2.24) is 4.98 Å². The third-order valence-electron chi connectivity index (χ3n) is 5.49. The largest absolute Gasteiger partial charge is 0.503 e. The molecule has 0 fully saturated rings. The summed E-state index contributed by atoms with van der Waals surface area (Å²) in [5.41, 5.74) is 1.22. The van der Waals surface area contributed by atoms with Crippen LogP contribution in [-0.2, 0) is 4.79 Å². The smallest absolute Gasteiger partial charge is 0.296 e. The molecule has 0 spiro atoms. The third kappa shape index (κ3) is 3.60. The number of thiazole rings is 1. The summed E-state index contributed by atoms with van der Waals surface area (Å²) in [4.78, 5) is 32.5. The standard InChI is InChI=1S/C25H20N2O6S/c1-3-32-16-10-11-17-19(13-16)34-25(26-17)27-21(14-6-8-15(31-2)9-7-14)20(23(29)24(27)30)22(28)18-5-4-12-33-18/h4-13,21,29H,3H2,1-2H3/t21-/m0/s1. The number of Topliss-reactive ketones (excluding diaryl/α,β-unsaturated/α-hetero) is 1. The zero-order valence-corrected chi connectivity index (χ0v) is 19.2. The van der Waals surface area contributed by atoms with Crippen LogP contribution in [-0.4, -0.2) is 35.5 Å². The fourth-order valence-electron chi connectivity index (χ4n) is 3.93. The minimum Gasteiger partial charge on any atom is -0.503 e.